The third-order valence-electron chi connectivity index (χ3n) is 6.45. The van der Waals surface area contributed by atoms with Crippen molar-refractivity contribution in [3.63, 3.8) is 0 Å². The largest absolute Gasteiger partial charge is 0.274 e. The van der Waals surface area contributed by atoms with Crippen LogP contribution in [0.3, 0.4) is 0 Å². The first kappa shape index (κ1) is 19.5. The minimum Gasteiger partial charge on any atom is -0.274 e. The lowest BCUT2D eigenvalue weighted by Gasteiger charge is -2.28. The van der Waals surface area contributed by atoms with Gasteiger partial charge in [-0.15, -0.1) is 0 Å². The van der Waals surface area contributed by atoms with Crippen LogP contribution in [0.2, 0.25) is 0 Å². The van der Waals surface area contributed by atoms with Crippen LogP contribution >= 0.6 is 31.9 Å². The fraction of sp³-hybridized carbons (Fsp3) is 0.333. The van der Waals surface area contributed by atoms with E-state index in [1.807, 2.05) is 0 Å². The number of anilines is 1. The molecule has 1 heterocycles. The van der Waals surface area contributed by atoms with Crippen molar-refractivity contribution < 1.29 is 18.0 Å². The summed E-state index contributed by atoms with van der Waals surface area (Å²) in [6, 6.07) is 14.2. The summed E-state index contributed by atoms with van der Waals surface area (Å²) >= 11 is 7.36. The number of nitrogens with zero attached hydrogens (tertiary/aromatic N) is 1. The maximum absolute atomic E-state index is 13.1. The molecule has 3 fully saturated rings. The molecule has 0 spiro atoms. The second kappa shape index (κ2) is 6.75. The van der Waals surface area contributed by atoms with Gasteiger partial charge in [0.2, 0.25) is 21.7 Å². The second-order valence-corrected chi connectivity index (χ2v) is 11.9. The Bertz CT molecular complexity index is 1070. The summed E-state index contributed by atoms with van der Waals surface area (Å²) in [5, 5.41) is 0. The summed E-state index contributed by atoms with van der Waals surface area (Å²) in [7, 11) is -3.64. The van der Waals surface area contributed by atoms with E-state index in [0.29, 0.717) is 5.69 Å². The molecule has 2 aromatic carbocycles. The number of benzene rings is 2. The quantitative estimate of drug-likeness (QED) is 0.440. The van der Waals surface area contributed by atoms with Crippen molar-refractivity contribution in [1.82, 2.24) is 0 Å². The Kier molecular flexibility index (Phi) is 4.53. The van der Waals surface area contributed by atoms with Crippen LogP contribution < -0.4 is 4.90 Å². The number of carbonyl (C=O) groups excluding carboxylic acids is 2. The van der Waals surface area contributed by atoms with Crippen molar-refractivity contribution in [1.29, 1.82) is 0 Å². The zero-order valence-corrected chi connectivity index (χ0v) is 19.1. The SMILES string of the molecule is O=C1[C@@H]2[C@H]3C[C@@H]([C@@H](Br)[C@H]3Br)[C@H]2C(=O)N1c1ccc(S(=O)(=O)c2ccccc2)cc1. The Labute approximate surface area is 185 Å². The van der Waals surface area contributed by atoms with Gasteiger partial charge in [-0.3, -0.25) is 14.5 Å². The molecule has 0 radical (unpaired) electrons. The average Bonchev–Trinajstić information content (AvgIpc) is 3.34. The van der Waals surface area contributed by atoms with Crippen LogP contribution in [-0.2, 0) is 19.4 Å². The van der Waals surface area contributed by atoms with Crippen LogP contribution in [0.4, 0.5) is 5.69 Å². The lowest BCUT2D eigenvalue weighted by Crippen LogP contribution is -2.37. The third kappa shape index (κ3) is 2.72. The van der Waals surface area contributed by atoms with Crippen LogP contribution in [0.1, 0.15) is 6.42 Å². The van der Waals surface area contributed by atoms with E-state index < -0.39 is 9.84 Å². The molecule has 1 aliphatic heterocycles. The summed E-state index contributed by atoms with van der Waals surface area (Å²) in [5.41, 5.74) is 0.429. The molecule has 3 aliphatic rings. The first-order chi connectivity index (χ1) is 13.8. The average molecular weight is 539 g/mol. The Morgan fingerprint density at radius 3 is 1.76 bits per heavy atom. The topological polar surface area (TPSA) is 71.5 Å². The highest BCUT2D eigenvalue weighted by atomic mass is 79.9. The van der Waals surface area contributed by atoms with Gasteiger partial charge >= 0.3 is 0 Å². The van der Waals surface area contributed by atoms with Gasteiger partial charge in [0, 0.05) is 9.65 Å². The fourth-order valence-corrected chi connectivity index (χ4v) is 8.27. The monoisotopic (exact) mass is 537 g/mol. The van der Waals surface area contributed by atoms with Gasteiger partial charge in [-0.1, -0.05) is 50.1 Å². The number of halogens is 2. The van der Waals surface area contributed by atoms with Gasteiger partial charge in [-0.05, 0) is 54.7 Å². The molecule has 2 aliphatic carbocycles. The van der Waals surface area contributed by atoms with Gasteiger partial charge in [0.05, 0.1) is 27.3 Å². The summed E-state index contributed by atoms with van der Waals surface area (Å²) in [6.07, 6.45) is 0.876. The van der Waals surface area contributed by atoms with E-state index in [1.165, 1.54) is 17.0 Å². The Morgan fingerprint density at radius 1 is 0.759 bits per heavy atom. The molecule has 2 amide bonds. The number of alkyl halides is 2. The van der Waals surface area contributed by atoms with E-state index in [1.54, 1.807) is 42.5 Å². The number of hydrogen-bond donors (Lipinski definition) is 0. The van der Waals surface area contributed by atoms with Crippen molar-refractivity contribution in [2.75, 3.05) is 4.90 Å². The molecular formula is C21H17Br2NO4S. The number of fused-ring (bicyclic) bond motifs is 5. The number of amides is 2. The smallest absolute Gasteiger partial charge is 0.238 e. The molecular weight excluding hydrogens is 522 g/mol. The van der Waals surface area contributed by atoms with Crippen LogP contribution in [0.5, 0.6) is 0 Å². The minimum absolute atomic E-state index is 0.132. The van der Waals surface area contributed by atoms with Crippen LogP contribution in [0.15, 0.2) is 64.4 Å². The first-order valence-electron chi connectivity index (χ1n) is 9.38. The van der Waals surface area contributed by atoms with Gasteiger partial charge in [0.15, 0.2) is 0 Å². The predicted octanol–water partition coefficient (Wildman–Crippen LogP) is 3.80. The van der Waals surface area contributed by atoms with Gasteiger partial charge in [0.25, 0.3) is 0 Å². The van der Waals surface area contributed by atoms with E-state index in [2.05, 4.69) is 31.9 Å². The Morgan fingerprint density at radius 2 is 1.24 bits per heavy atom. The predicted molar refractivity (Wildman–Crippen MR) is 115 cm³/mol. The van der Waals surface area contributed by atoms with E-state index in [4.69, 9.17) is 0 Å². The standard InChI is InChI=1S/C21H17Br2NO4S/c22-18-14-10-15(19(18)23)17-16(14)20(25)24(21(17)26)11-6-8-13(9-7-11)29(27,28)12-4-2-1-3-5-12/h1-9,14-19H,10H2/t14-,15-,16-,17-,18-,19+/m1/s1. The Balaban J connectivity index is 1.46. The molecule has 0 unspecified atom stereocenters. The highest BCUT2D eigenvalue weighted by Gasteiger charge is 2.66. The van der Waals surface area contributed by atoms with Crippen molar-refractivity contribution in [3.05, 3.63) is 54.6 Å². The zero-order chi connectivity index (χ0) is 20.5. The third-order valence-corrected chi connectivity index (χ3v) is 11.4. The molecule has 5 rings (SSSR count). The lowest BCUT2D eigenvalue weighted by molar-refractivity contribution is -0.123. The van der Waals surface area contributed by atoms with Gasteiger partial charge in [0.1, 0.15) is 0 Å². The first-order valence-corrected chi connectivity index (χ1v) is 12.7. The summed E-state index contributed by atoms with van der Waals surface area (Å²) in [6.45, 7) is 0. The maximum Gasteiger partial charge on any atom is 0.238 e. The molecule has 1 saturated heterocycles. The van der Waals surface area contributed by atoms with Gasteiger partial charge in [-0.2, -0.15) is 0 Å². The minimum atomic E-state index is -3.64. The second-order valence-electron chi connectivity index (χ2n) is 7.83. The highest BCUT2D eigenvalue weighted by Crippen LogP contribution is 2.60. The molecule has 150 valence electrons. The molecule has 0 N–H and O–H groups in total. The molecule has 2 aromatic rings. The molecule has 0 aromatic heterocycles. The fourth-order valence-electron chi connectivity index (χ4n) is 5.11. The van der Waals surface area contributed by atoms with Crippen molar-refractivity contribution in [2.45, 2.75) is 25.9 Å². The lowest BCUT2D eigenvalue weighted by atomic mass is 9.81. The highest BCUT2D eigenvalue weighted by molar-refractivity contribution is 9.12. The van der Waals surface area contributed by atoms with E-state index >= 15 is 0 Å². The van der Waals surface area contributed by atoms with Crippen molar-refractivity contribution in [2.24, 2.45) is 23.7 Å². The molecule has 6 atom stereocenters. The molecule has 29 heavy (non-hydrogen) atoms. The molecule has 2 bridgehead atoms. The van der Waals surface area contributed by atoms with Crippen molar-refractivity contribution >= 4 is 59.2 Å². The van der Waals surface area contributed by atoms with Crippen LogP contribution in [0, 0.1) is 23.7 Å². The molecule has 5 nitrogen and oxygen atoms in total. The zero-order valence-electron chi connectivity index (χ0n) is 15.1. The maximum atomic E-state index is 13.1. The van der Waals surface area contributed by atoms with Crippen LogP contribution in [0.25, 0.3) is 0 Å². The molecule has 8 heteroatoms. The molecule has 2 saturated carbocycles. The number of carbonyl (C=O) groups is 2. The summed E-state index contributed by atoms with van der Waals surface area (Å²) in [4.78, 5) is 28.1. The van der Waals surface area contributed by atoms with E-state index in [0.717, 1.165) is 6.42 Å². The number of sulfone groups is 1. The van der Waals surface area contributed by atoms with Gasteiger partial charge in [-0.25, -0.2) is 8.42 Å². The van der Waals surface area contributed by atoms with Crippen LogP contribution in [-0.4, -0.2) is 29.9 Å². The number of imide groups is 1. The van der Waals surface area contributed by atoms with Crippen molar-refractivity contribution in [3.8, 4) is 0 Å². The van der Waals surface area contributed by atoms with Gasteiger partial charge < -0.3 is 0 Å². The van der Waals surface area contributed by atoms with E-state index in [-0.39, 0.29) is 54.9 Å². The number of hydrogen-bond acceptors (Lipinski definition) is 4. The number of rotatable bonds is 3. The van der Waals surface area contributed by atoms with E-state index in [9.17, 15) is 18.0 Å². The normalized spacial score (nSPS) is 33.4. The summed E-state index contributed by atoms with van der Waals surface area (Å²) in [5.74, 6) is -0.635. The Hall–Kier alpha value is -1.51. The summed E-state index contributed by atoms with van der Waals surface area (Å²) < 4.78 is 25.5.